The SMILES string of the molecule is Cc1ccc(F)cc1NC(=O)c1cc(S(=O)(=O)NCc2ccccc2)ccc1C. The van der Waals surface area contributed by atoms with Crippen molar-refractivity contribution < 1.29 is 17.6 Å². The van der Waals surface area contributed by atoms with Crippen molar-refractivity contribution in [2.75, 3.05) is 5.32 Å². The first-order chi connectivity index (χ1) is 13.8. The Morgan fingerprint density at radius 3 is 2.34 bits per heavy atom. The molecule has 1 amide bonds. The van der Waals surface area contributed by atoms with Gasteiger partial charge < -0.3 is 5.32 Å². The fourth-order valence-corrected chi connectivity index (χ4v) is 3.83. The van der Waals surface area contributed by atoms with Gasteiger partial charge in [-0.15, -0.1) is 0 Å². The Morgan fingerprint density at radius 2 is 1.62 bits per heavy atom. The first kappa shape index (κ1) is 20.7. The van der Waals surface area contributed by atoms with Gasteiger partial charge in [0.15, 0.2) is 0 Å². The minimum Gasteiger partial charge on any atom is -0.322 e. The molecular weight excluding hydrogens is 391 g/mol. The van der Waals surface area contributed by atoms with Gasteiger partial charge in [-0.3, -0.25) is 4.79 Å². The molecule has 3 rings (SSSR count). The third-order valence-corrected chi connectivity index (χ3v) is 5.92. The number of nitrogens with one attached hydrogen (secondary N) is 2. The average molecular weight is 412 g/mol. The molecule has 0 radical (unpaired) electrons. The van der Waals surface area contributed by atoms with Crippen LogP contribution in [0.4, 0.5) is 10.1 Å². The lowest BCUT2D eigenvalue weighted by Gasteiger charge is -2.12. The summed E-state index contributed by atoms with van der Waals surface area (Å²) in [6, 6.07) is 17.6. The molecule has 3 aromatic rings. The molecule has 0 atom stereocenters. The second kappa shape index (κ2) is 8.55. The molecule has 0 aliphatic rings. The molecule has 0 saturated heterocycles. The van der Waals surface area contributed by atoms with Crippen molar-refractivity contribution in [3.63, 3.8) is 0 Å². The topological polar surface area (TPSA) is 75.3 Å². The number of hydrogen-bond acceptors (Lipinski definition) is 3. The van der Waals surface area contributed by atoms with Gasteiger partial charge in [-0.05, 0) is 54.8 Å². The van der Waals surface area contributed by atoms with Crippen LogP contribution in [0.5, 0.6) is 0 Å². The van der Waals surface area contributed by atoms with Crippen LogP contribution in [0.1, 0.15) is 27.0 Å². The maximum atomic E-state index is 13.5. The number of carbonyl (C=O) groups is 1. The van der Waals surface area contributed by atoms with Gasteiger partial charge in [-0.25, -0.2) is 17.5 Å². The van der Waals surface area contributed by atoms with E-state index in [4.69, 9.17) is 0 Å². The number of anilines is 1. The Labute approximate surface area is 169 Å². The molecule has 7 heteroatoms. The summed E-state index contributed by atoms with van der Waals surface area (Å²) < 4.78 is 41.3. The third-order valence-electron chi connectivity index (χ3n) is 4.52. The molecule has 0 bridgehead atoms. The van der Waals surface area contributed by atoms with Gasteiger partial charge >= 0.3 is 0 Å². The average Bonchev–Trinajstić information content (AvgIpc) is 2.70. The summed E-state index contributed by atoms with van der Waals surface area (Å²) in [5.74, 6) is -0.972. The number of amides is 1. The van der Waals surface area contributed by atoms with Crippen LogP contribution in [0.25, 0.3) is 0 Å². The number of sulfonamides is 1. The Balaban J connectivity index is 1.83. The van der Waals surface area contributed by atoms with Crippen molar-refractivity contribution in [1.29, 1.82) is 0 Å². The highest BCUT2D eigenvalue weighted by atomic mass is 32.2. The minimum atomic E-state index is -3.81. The molecule has 0 fully saturated rings. The molecular formula is C22H21FN2O3S. The summed E-state index contributed by atoms with van der Waals surface area (Å²) in [6.07, 6.45) is 0. The van der Waals surface area contributed by atoms with Crippen LogP contribution < -0.4 is 10.0 Å². The predicted molar refractivity (Wildman–Crippen MR) is 111 cm³/mol. The largest absolute Gasteiger partial charge is 0.322 e. The number of hydrogen-bond donors (Lipinski definition) is 2. The molecule has 29 heavy (non-hydrogen) atoms. The van der Waals surface area contributed by atoms with E-state index in [0.29, 0.717) is 16.8 Å². The molecule has 0 aliphatic heterocycles. The molecule has 0 aromatic heterocycles. The Kier molecular flexibility index (Phi) is 6.10. The van der Waals surface area contributed by atoms with Crippen molar-refractivity contribution in [3.05, 3.63) is 94.8 Å². The van der Waals surface area contributed by atoms with Gasteiger partial charge in [0.25, 0.3) is 5.91 Å². The lowest BCUT2D eigenvalue weighted by molar-refractivity contribution is 0.102. The van der Waals surface area contributed by atoms with Gasteiger partial charge in [0.2, 0.25) is 10.0 Å². The lowest BCUT2D eigenvalue weighted by Crippen LogP contribution is -2.24. The molecule has 150 valence electrons. The van der Waals surface area contributed by atoms with Gasteiger partial charge in [-0.1, -0.05) is 42.5 Å². The van der Waals surface area contributed by atoms with Crippen LogP contribution in [-0.2, 0) is 16.6 Å². The van der Waals surface area contributed by atoms with Gasteiger partial charge in [0.05, 0.1) is 4.90 Å². The summed E-state index contributed by atoms with van der Waals surface area (Å²) in [5, 5.41) is 2.65. The van der Waals surface area contributed by atoms with E-state index >= 15 is 0 Å². The van der Waals surface area contributed by atoms with Crippen LogP contribution in [0.3, 0.4) is 0 Å². The fraction of sp³-hybridized carbons (Fsp3) is 0.136. The predicted octanol–water partition coefficient (Wildman–Crippen LogP) is 4.17. The minimum absolute atomic E-state index is 0.0138. The Bertz CT molecular complexity index is 1150. The fourth-order valence-electron chi connectivity index (χ4n) is 2.79. The normalized spacial score (nSPS) is 11.3. The highest BCUT2D eigenvalue weighted by Gasteiger charge is 2.18. The maximum Gasteiger partial charge on any atom is 0.255 e. The van der Waals surface area contributed by atoms with Gasteiger partial charge in [0, 0.05) is 17.8 Å². The van der Waals surface area contributed by atoms with Crippen LogP contribution in [0.2, 0.25) is 0 Å². The first-order valence-electron chi connectivity index (χ1n) is 8.98. The lowest BCUT2D eigenvalue weighted by atomic mass is 10.1. The molecule has 0 saturated carbocycles. The summed E-state index contributed by atoms with van der Waals surface area (Å²) in [5.41, 5.74) is 2.67. The Hall–Kier alpha value is -3.03. The zero-order valence-electron chi connectivity index (χ0n) is 16.1. The van der Waals surface area contributed by atoms with Crippen molar-refractivity contribution in [2.45, 2.75) is 25.3 Å². The second-order valence-electron chi connectivity index (χ2n) is 6.70. The van der Waals surface area contributed by atoms with E-state index in [1.807, 2.05) is 30.3 Å². The van der Waals surface area contributed by atoms with E-state index < -0.39 is 21.7 Å². The van der Waals surface area contributed by atoms with Crippen LogP contribution in [0.15, 0.2) is 71.6 Å². The number of halogens is 1. The highest BCUT2D eigenvalue weighted by Crippen LogP contribution is 2.20. The zero-order chi connectivity index (χ0) is 21.0. The molecule has 5 nitrogen and oxygen atoms in total. The molecule has 0 heterocycles. The molecule has 3 aromatic carbocycles. The standard InChI is InChI=1S/C22H21FN2O3S/c1-15-9-11-19(29(27,28)24-14-17-6-4-3-5-7-17)13-20(15)22(26)25-21-12-18(23)10-8-16(21)2/h3-13,24H,14H2,1-2H3,(H,25,26). The number of carbonyl (C=O) groups excluding carboxylic acids is 1. The monoisotopic (exact) mass is 412 g/mol. The van der Waals surface area contributed by atoms with Gasteiger partial charge in [0.1, 0.15) is 5.82 Å². The third kappa shape index (κ3) is 5.07. The summed E-state index contributed by atoms with van der Waals surface area (Å²) in [6.45, 7) is 3.60. The van der Waals surface area contributed by atoms with E-state index in [2.05, 4.69) is 10.0 Å². The number of rotatable bonds is 6. The van der Waals surface area contributed by atoms with E-state index in [9.17, 15) is 17.6 Å². The quantitative estimate of drug-likeness (QED) is 0.638. The van der Waals surface area contributed by atoms with Crippen molar-refractivity contribution in [3.8, 4) is 0 Å². The molecule has 2 N–H and O–H groups in total. The zero-order valence-corrected chi connectivity index (χ0v) is 16.9. The Morgan fingerprint density at radius 1 is 0.931 bits per heavy atom. The van der Waals surface area contributed by atoms with Crippen LogP contribution in [-0.4, -0.2) is 14.3 Å². The smallest absolute Gasteiger partial charge is 0.255 e. The van der Waals surface area contributed by atoms with Crippen molar-refractivity contribution in [2.24, 2.45) is 0 Å². The summed E-state index contributed by atoms with van der Waals surface area (Å²) in [7, 11) is -3.81. The first-order valence-corrected chi connectivity index (χ1v) is 10.5. The second-order valence-corrected chi connectivity index (χ2v) is 8.47. The van der Waals surface area contributed by atoms with Crippen molar-refractivity contribution in [1.82, 2.24) is 4.72 Å². The van der Waals surface area contributed by atoms with E-state index in [-0.39, 0.29) is 17.0 Å². The van der Waals surface area contributed by atoms with Crippen LogP contribution in [0, 0.1) is 19.7 Å². The van der Waals surface area contributed by atoms with E-state index in [0.717, 1.165) is 5.56 Å². The summed E-state index contributed by atoms with van der Waals surface area (Å²) >= 11 is 0. The van der Waals surface area contributed by atoms with E-state index in [1.165, 1.54) is 24.3 Å². The number of benzene rings is 3. The molecule has 0 spiro atoms. The van der Waals surface area contributed by atoms with E-state index in [1.54, 1.807) is 26.0 Å². The molecule has 0 unspecified atom stereocenters. The maximum absolute atomic E-state index is 13.5. The summed E-state index contributed by atoms with van der Waals surface area (Å²) in [4.78, 5) is 12.7. The highest BCUT2D eigenvalue weighted by molar-refractivity contribution is 7.89. The van der Waals surface area contributed by atoms with Crippen LogP contribution >= 0.6 is 0 Å². The van der Waals surface area contributed by atoms with Gasteiger partial charge in [-0.2, -0.15) is 0 Å². The molecule has 0 aliphatic carbocycles. The van der Waals surface area contributed by atoms with Crippen molar-refractivity contribution >= 4 is 21.6 Å². The number of aryl methyl sites for hydroxylation is 2.